The van der Waals surface area contributed by atoms with Crippen LogP contribution in [0.2, 0.25) is 0 Å². The monoisotopic (exact) mass is 362 g/mol. The number of amides is 1. The summed E-state index contributed by atoms with van der Waals surface area (Å²) in [5, 5.41) is 10.2. The van der Waals surface area contributed by atoms with Gasteiger partial charge in [0.1, 0.15) is 6.54 Å². The van der Waals surface area contributed by atoms with Crippen molar-refractivity contribution in [3.63, 3.8) is 0 Å². The summed E-state index contributed by atoms with van der Waals surface area (Å²) in [5.74, 6) is -3.26. The lowest BCUT2D eigenvalue weighted by Gasteiger charge is -2.21. The van der Waals surface area contributed by atoms with Crippen LogP contribution in [0, 0.1) is 0 Å². The molecule has 10 heteroatoms. The van der Waals surface area contributed by atoms with Crippen LogP contribution in [0.4, 0.5) is 18.9 Å². The number of halogens is 3. The van der Waals surface area contributed by atoms with E-state index in [9.17, 15) is 22.8 Å². The molecule has 1 aromatic carbocycles. The average molecular weight is 362 g/mol. The van der Waals surface area contributed by atoms with Crippen LogP contribution in [0.25, 0.3) is 0 Å². The molecule has 1 aliphatic heterocycles. The number of ether oxygens (including phenoxy) is 1. The van der Waals surface area contributed by atoms with Crippen LogP contribution in [0.15, 0.2) is 24.3 Å². The Balaban J connectivity index is 0.000000381. The lowest BCUT2D eigenvalue weighted by atomic mass is 10.1. The van der Waals surface area contributed by atoms with E-state index < -0.39 is 12.1 Å². The van der Waals surface area contributed by atoms with E-state index >= 15 is 0 Å². The van der Waals surface area contributed by atoms with Crippen molar-refractivity contribution in [1.82, 2.24) is 5.32 Å². The molecule has 1 aromatic rings. The first-order valence-electron chi connectivity index (χ1n) is 7.21. The minimum atomic E-state index is -5.08. The first-order valence-corrected chi connectivity index (χ1v) is 7.21. The van der Waals surface area contributed by atoms with Crippen molar-refractivity contribution in [2.75, 3.05) is 24.6 Å². The van der Waals surface area contributed by atoms with Crippen molar-refractivity contribution in [2.24, 2.45) is 0 Å². The highest BCUT2D eigenvalue weighted by Gasteiger charge is 2.38. The van der Waals surface area contributed by atoms with E-state index in [0.717, 1.165) is 11.3 Å². The van der Waals surface area contributed by atoms with Gasteiger partial charge in [-0.3, -0.25) is 14.5 Å². The molecule has 138 valence electrons. The molecule has 1 heterocycles. The molecule has 0 saturated carbocycles. The number of carboxylic acids is 1. The predicted octanol–water partition coefficient (Wildman–Crippen LogP) is 1.32. The molecule has 0 spiro atoms. The Morgan fingerprint density at radius 1 is 1.28 bits per heavy atom. The van der Waals surface area contributed by atoms with Crippen LogP contribution in [0.5, 0.6) is 0 Å². The van der Waals surface area contributed by atoms with Gasteiger partial charge in [-0.25, -0.2) is 4.79 Å². The molecule has 0 atom stereocenters. The number of anilines is 1. The van der Waals surface area contributed by atoms with Gasteiger partial charge in [0, 0.05) is 12.2 Å². The summed E-state index contributed by atoms with van der Waals surface area (Å²) in [6.45, 7) is 2.89. The number of nitrogens with zero attached hydrogens (tertiary/aromatic N) is 1. The van der Waals surface area contributed by atoms with Gasteiger partial charge in [-0.2, -0.15) is 13.2 Å². The first kappa shape index (κ1) is 20.4. The van der Waals surface area contributed by atoms with Crippen LogP contribution in [-0.2, 0) is 25.7 Å². The Morgan fingerprint density at radius 2 is 1.88 bits per heavy atom. The van der Waals surface area contributed by atoms with Crippen LogP contribution in [-0.4, -0.2) is 48.8 Å². The van der Waals surface area contributed by atoms with Crippen molar-refractivity contribution in [3.8, 4) is 0 Å². The van der Waals surface area contributed by atoms with E-state index in [4.69, 9.17) is 14.6 Å². The van der Waals surface area contributed by atoms with Crippen LogP contribution in [0.3, 0.4) is 0 Å². The molecule has 25 heavy (non-hydrogen) atoms. The summed E-state index contributed by atoms with van der Waals surface area (Å²) in [6, 6.07) is 7.56. The van der Waals surface area contributed by atoms with Gasteiger partial charge in [-0.15, -0.1) is 0 Å². The fourth-order valence-electron chi connectivity index (χ4n) is 1.97. The number of alkyl halides is 3. The van der Waals surface area contributed by atoms with Crippen molar-refractivity contribution in [3.05, 3.63) is 29.8 Å². The maximum atomic E-state index is 12.0. The molecule has 0 unspecified atom stereocenters. The number of aliphatic carboxylic acids is 1. The quantitative estimate of drug-likeness (QED) is 0.788. The number of nitrogens with one attached hydrogen (secondary N) is 1. The third-order valence-corrected chi connectivity index (χ3v) is 3.01. The second-order valence-electron chi connectivity index (χ2n) is 4.82. The van der Waals surface area contributed by atoms with Gasteiger partial charge in [-0.1, -0.05) is 18.2 Å². The summed E-state index contributed by atoms with van der Waals surface area (Å²) in [5.41, 5.74) is 1.79. The van der Waals surface area contributed by atoms with E-state index in [2.05, 4.69) is 5.32 Å². The highest BCUT2D eigenvalue weighted by atomic mass is 19.4. The molecular weight excluding hydrogens is 345 g/mol. The summed E-state index contributed by atoms with van der Waals surface area (Å²) in [6.07, 6.45) is -5.08. The van der Waals surface area contributed by atoms with E-state index in [1.165, 1.54) is 4.90 Å². The number of hydrogen-bond donors (Lipinski definition) is 2. The van der Waals surface area contributed by atoms with E-state index in [-0.39, 0.29) is 25.0 Å². The third-order valence-electron chi connectivity index (χ3n) is 3.01. The fraction of sp³-hybridized carbons (Fsp3) is 0.400. The second-order valence-corrected chi connectivity index (χ2v) is 4.82. The van der Waals surface area contributed by atoms with Gasteiger partial charge in [-0.05, 0) is 18.6 Å². The number of carboxylic acid groups (broad SMARTS) is 1. The fourth-order valence-corrected chi connectivity index (χ4v) is 1.97. The van der Waals surface area contributed by atoms with Crippen molar-refractivity contribution >= 4 is 23.5 Å². The summed E-state index contributed by atoms with van der Waals surface area (Å²) in [7, 11) is 0. The van der Waals surface area contributed by atoms with Gasteiger partial charge in [0.2, 0.25) is 5.91 Å². The maximum Gasteiger partial charge on any atom is 0.490 e. The van der Waals surface area contributed by atoms with E-state index in [1.807, 2.05) is 24.3 Å². The third kappa shape index (κ3) is 6.42. The van der Waals surface area contributed by atoms with Crippen LogP contribution in [0.1, 0.15) is 12.5 Å². The number of fused-ring (bicyclic) bond motifs is 1. The van der Waals surface area contributed by atoms with Crippen LogP contribution < -0.4 is 10.2 Å². The largest absolute Gasteiger partial charge is 0.490 e. The van der Waals surface area contributed by atoms with Gasteiger partial charge >= 0.3 is 18.1 Å². The van der Waals surface area contributed by atoms with Crippen molar-refractivity contribution < 1.29 is 37.4 Å². The molecule has 1 aliphatic rings. The zero-order valence-electron chi connectivity index (χ0n) is 13.3. The van der Waals surface area contributed by atoms with Crippen molar-refractivity contribution in [2.45, 2.75) is 19.6 Å². The van der Waals surface area contributed by atoms with Crippen molar-refractivity contribution in [1.29, 1.82) is 0 Å². The van der Waals surface area contributed by atoms with Crippen LogP contribution >= 0.6 is 0 Å². The maximum absolute atomic E-state index is 12.0. The number of rotatable bonds is 3. The smallest absolute Gasteiger partial charge is 0.475 e. The van der Waals surface area contributed by atoms with Gasteiger partial charge < -0.3 is 15.2 Å². The van der Waals surface area contributed by atoms with Gasteiger partial charge in [0.15, 0.2) is 0 Å². The molecule has 2 rings (SSSR count). The zero-order chi connectivity index (χ0) is 19.0. The standard InChI is InChI=1S/C13H16N2O3.C2HF3O2/c1-2-18-13(17)9-15-11-6-4-3-5-10(11)7-14-8-12(15)16;3-2(4,5)1(6)7/h3-6,14H,2,7-9H2,1H3;(H,6,7). The van der Waals surface area contributed by atoms with Gasteiger partial charge in [0.05, 0.1) is 13.2 Å². The summed E-state index contributed by atoms with van der Waals surface area (Å²) < 4.78 is 36.6. The molecule has 0 aliphatic carbocycles. The zero-order valence-corrected chi connectivity index (χ0v) is 13.3. The highest BCUT2D eigenvalue weighted by Crippen LogP contribution is 2.22. The number of carbonyl (C=O) groups is 3. The molecule has 0 radical (unpaired) electrons. The number of para-hydroxylation sites is 1. The second kappa shape index (κ2) is 9.02. The molecular formula is C15H17F3N2O5. The minimum Gasteiger partial charge on any atom is -0.475 e. The SMILES string of the molecule is CCOC(=O)CN1C(=O)CNCc2ccccc21.O=C(O)C(F)(F)F. The Morgan fingerprint density at radius 3 is 2.44 bits per heavy atom. The summed E-state index contributed by atoms with van der Waals surface area (Å²) >= 11 is 0. The molecule has 0 aromatic heterocycles. The lowest BCUT2D eigenvalue weighted by molar-refractivity contribution is -0.192. The normalized spacial score (nSPS) is 13.9. The molecule has 1 amide bonds. The summed E-state index contributed by atoms with van der Waals surface area (Å²) in [4.78, 5) is 33.9. The van der Waals surface area contributed by atoms with E-state index in [0.29, 0.717) is 13.2 Å². The number of esters is 1. The minimum absolute atomic E-state index is 0.0363. The molecule has 0 fully saturated rings. The Kier molecular flexibility index (Phi) is 7.37. The Hall–Kier alpha value is -2.62. The van der Waals surface area contributed by atoms with E-state index in [1.54, 1.807) is 6.92 Å². The highest BCUT2D eigenvalue weighted by molar-refractivity contribution is 6.00. The number of carbonyl (C=O) groups excluding carboxylic acids is 2. The Labute approximate surface area is 141 Å². The average Bonchev–Trinajstić information content (AvgIpc) is 2.67. The molecule has 2 N–H and O–H groups in total. The number of hydrogen-bond acceptors (Lipinski definition) is 5. The number of benzene rings is 1. The molecule has 7 nitrogen and oxygen atoms in total. The molecule has 0 bridgehead atoms. The molecule has 0 saturated heterocycles. The predicted molar refractivity (Wildman–Crippen MR) is 80.8 cm³/mol. The van der Waals surface area contributed by atoms with Gasteiger partial charge in [0.25, 0.3) is 0 Å². The lowest BCUT2D eigenvalue weighted by Crippen LogP contribution is -2.39. The Bertz CT molecular complexity index is 634. The first-order chi connectivity index (χ1) is 11.7. The topological polar surface area (TPSA) is 95.9 Å².